The van der Waals surface area contributed by atoms with Crippen LogP contribution in [0.3, 0.4) is 0 Å². The highest BCUT2D eigenvalue weighted by Gasteiger charge is 2.30. The second-order valence-electron chi connectivity index (χ2n) is 17.4. The average Bonchev–Trinajstić information content (AvgIpc) is 4.20. The molecule has 0 N–H and O–H groups in total. The fourth-order valence-electron chi connectivity index (χ4n) is 7.74. The second-order valence-corrected chi connectivity index (χ2v) is 21.9. The first-order valence-electron chi connectivity index (χ1n) is 22.3. The Morgan fingerprint density at radius 2 is 1.06 bits per heavy atom. The van der Waals surface area contributed by atoms with Gasteiger partial charge in [0.25, 0.3) is 10.4 Å². The van der Waals surface area contributed by atoms with Crippen LogP contribution in [0.1, 0.15) is 90.7 Å². The predicted octanol–water partition coefficient (Wildman–Crippen LogP) is 7.00. The van der Waals surface area contributed by atoms with Crippen LogP contribution in [0.4, 0.5) is 12.0 Å². The summed E-state index contributed by atoms with van der Waals surface area (Å²) < 4.78 is 49.7. The van der Waals surface area contributed by atoms with Crippen molar-refractivity contribution in [2.24, 2.45) is 11.8 Å². The minimum Gasteiger partial charge on any atom is -0.466 e. The Bertz CT molecular complexity index is 2980. The largest absolute Gasteiger partial charge is 0.466 e. The maximum Gasteiger partial charge on any atom is 0.324 e. The van der Waals surface area contributed by atoms with Crippen molar-refractivity contribution in [2.75, 3.05) is 48.5 Å². The van der Waals surface area contributed by atoms with E-state index < -0.39 is 9.84 Å². The molecule has 10 rings (SSSR count). The Morgan fingerprint density at radius 3 is 1.41 bits per heavy atom. The molecule has 2 fully saturated rings. The number of fused-ring (bicyclic) bond motifs is 2. The number of hydrogen-bond donors (Lipinski definition) is 0. The maximum absolute atomic E-state index is 11.5. The minimum atomic E-state index is -3.45. The highest BCUT2D eigenvalue weighted by Crippen LogP contribution is 2.33. The Hall–Kier alpha value is -5.86. The zero-order chi connectivity index (χ0) is 47.7. The van der Waals surface area contributed by atoms with Crippen LogP contribution in [0.2, 0.25) is 0 Å². The number of rotatable bonds is 14. The Morgan fingerprint density at radius 1 is 0.647 bits per heavy atom. The van der Waals surface area contributed by atoms with Gasteiger partial charge in [-0.05, 0) is 80.3 Å². The summed E-state index contributed by atoms with van der Waals surface area (Å²) in [5, 5.41) is 18.9. The first kappa shape index (κ1) is 47.2. The zero-order valence-electron chi connectivity index (χ0n) is 38.8. The Balaban J connectivity index is 0.000000170. The van der Waals surface area contributed by atoms with Crippen molar-refractivity contribution in [3.63, 3.8) is 0 Å². The minimum absolute atomic E-state index is 0.00155. The van der Waals surface area contributed by atoms with Gasteiger partial charge in [0.05, 0.1) is 23.8 Å². The number of aromatic nitrogens is 14. The van der Waals surface area contributed by atoms with Crippen molar-refractivity contribution in [1.82, 2.24) is 69.4 Å². The van der Waals surface area contributed by atoms with E-state index in [2.05, 4.69) is 97.9 Å². The Kier molecular flexibility index (Phi) is 13.9. The highest BCUT2D eigenvalue weighted by atomic mass is 32.2. The lowest BCUT2D eigenvalue weighted by Gasteiger charge is -2.33. The molecule has 2 saturated heterocycles. The van der Waals surface area contributed by atoms with Gasteiger partial charge in [0.2, 0.25) is 24.9 Å². The molecule has 360 valence electrons. The number of nitrogens with zero attached hydrogens (tertiary/aromatic N) is 16. The number of sulfone groups is 1. The molecule has 0 radical (unpaired) electrons. The molecule has 26 heteroatoms. The fraction of sp³-hybridized carbons (Fsp3) is 0.524. The average molecular weight is 1010 g/mol. The van der Waals surface area contributed by atoms with Crippen molar-refractivity contribution < 1.29 is 26.9 Å². The third-order valence-corrected chi connectivity index (χ3v) is 14.9. The van der Waals surface area contributed by atoms with Crippen molar-refractivity contribution in [3.05, 3.63) is 48.8 Å². The van der Waals surface area contributed by atoms with Crippen LogP contribution >= 0.6 is 34.4 Å². The van der Waals surface area contributed by atoms with E-state index >= 15 is 0 Å². The molecule has 22 nitrogen and oxygen atoms in total. The van der Waals surface area contributed by atoms with E-state index in [0.29, 0.717) is 50.5 Å². The second kappa shape index (κ2) is 20.0. The van der Waals surface area contributed by atoms with Crippen LogP contribution in [0.5, 0.6) is 10.4 Å². The summed E-state index contributed by atoms with van der Waals surface area (Å²) in [6, 6.07) is 1.21. The summed E-state index contributed by atoms with van der Waals surface area (Å²) >= 11 is 4.31. The molecule has 8 aromatic heterocycles. The first-order chi connectivity index (χ1) is 32.7. The summed E-state index contributed by atoms with van der Waals surface area (Å²) in [7, 11) is -3.45. The monoisotopic (exact) mass is 1000 g/mol. The molecule has 8 aromatic rings. The quantitative estimate of drug-likeness (QED) is 0.0785. The number of piperidine rings is 2. The van der Waals surface area contributed by atoms with Crippen LogP contribution in [-0.4, -0.2) is 129 Å². The zero-order valence-corrected chi connectivity index (χ0v) is 42.1. The van der Waals surface area contributed by atoms with Gasteiger partial charge in [0.15, 0.2) is 16.8 Å². The van der Waals surface area contributed by atoms with Gasteiger partial charge in [0.1, 0.15) is 12.2 Å². The number of ether oxygens (including phenoxy) is 2. The van der Waals surface area contributed by atoms with E-state index in [1.807, 2.05) is 26.3 Å². The molecule has 2 aliphatic rings. The molecule has 2 atom stereocenters. The van der Waals surface area contributed by atoms with E-state index in [9.17, 15) is 8.42 Å². The topological polar surface area (TPSA) is 249 Å². The third kappa shape index (κ3) is 10.7. The standard InChI is InChI=1S/C21H26N8O4S2.C21H26N8O2S2/c1-12(2)17-25-19(33-27-17)28-7-5-14(6-8-28)13(3)32-21-26-29-11-16(24-20(29)34-21)15-9-22-18(23-10-15)35(4,30)31;1-12(2)17-25-19(31-27-17)28-7-5-14(6-8-28)13(3)30-21-26-29-11-16(24-20(29)33-21)15-9-22-18(32-4)23-10-15/h9-14H,5-8H2,1-4H3;9-14H,5-8H2,1-4H3. The molecule has 0 aliphatic carbocycles. The maximum atomic E-state index is 11.5. The number of imidazole rings is 2. The van der Waals surface area contributed by atoms with Gasteiger partial charge in [-0.1, -0.05) is 49.8 Å². The molecule has 68 heavy (non-hydrogen) atoms. The number of thioether (sulfide) groups is 1. The summed E-state index contributed by atoms with van der Waals surface area (Å²) in [6.45, 7) is 15.8. The number of hydrogen-bond acceptors (Lipinski definition) is 23. The van der Waals surface area contributed by atoms with Crippen LogP contribution in [0.25, 0.3) is 32.4 Å². The summed E-state index contributed by atoms with van der Waals surface area (Å²) in [5.74, 6) is 2.81. The smallest absolute Gasteiger partial charge is 0.324 e. The molecular weight excluding hydrogens is 953 g/mol. The van der Waals surface area contributed by atoms with E-state index in [0.717, 1.165) is 91.1 Å². The van der Waals surface area contributed by atoms with Crippen LogP contribution in [0.15, 0.2) is 56.5 Å². The van der Waals surface area contributed by atoms with E-state index in [1.165, 1.54) is 46.8 Å². The Labute approximate surface area is 404 Å². The third-order valence-electron chi connectivity index (χ3n) is 11.8. The van der Waals surface area contributed by atoms with E-state index in [4.69, 9.17) is 18.5 Å². The first-order valence-corrected chi connectivity index (χ1v) is 27.0. The van der Waals surface area contributed by atoms with Gasteiger partial charge < -0.3 is 28.3 Å². The number of anilines is 2. The highest BCUT2D eigenvalue weighted by molar-refractivity contribution is 7.98. The summed E-state index contributed by atoms with van der Waals surface area (Å²) in [5.41, 5.74) is 2.89. The van der Waals surface area contributed by atoms with E-state index in [-0.39, 0.29) is 29.2 Å². The van der Waals surface area contributed by atoms with E-state index in [1.54, 1.807) is 27.6 Å². The van der Waals surface area contributed by atoms with Gasteiger partial charge >= 0.3 is 12.0 Å². The summed E-state index contributed by atoms with van der Waals surface area (Å²) in [4.78, 5) is 40.4. The normalized spacial score (nSPS) is 16.2. The lowest BCUT2D eigenvalue weighted by molar-refractivity contribution is 0.130. The van der Waals surface area contributed by atoms with Gasteiger partial charge in [0, 0.05) is 80.2 Å². The van der Waals surface area contributed by atoms with Crippen molar-refractivity contribution in [3.8, 4) is 32.9 Å². The molecule has 10 heterocycles. The van der Waals surface area contributed by atoms with Crippen molar-refractivity contribution in [1.29, 1.82) is 0 Å². The predicted molar refractivity (Wildman–Crippen MR) is 255 cm³/mol. The summed E-state index contributed by atoms with van der Waals surface area (Å²) in [6.07, 6.45) is 17.1. The molecule has 2 unspecified atom stereocenters. The molecule has 0 bridgehead atoms. The van der Waals surface area contributed by atoms with Crippen molar-refractivity contribution in [2.45, 2.75) is 102 Å². The molecular formula is C42H52N16O6S4. The molecule has 0 spiro atoms. The van der Waals surface area contributed by atoms with Crippen LogP contribution in [0, 0.1) is 11.8 Å². The van der Waals surface area contributed by atoms with Crippen LogP contribution in [-0.2, 0) is 9.84 Å². The molecule has 0 saturated carbocycles. The van der Waals surface area contributed by atoms with Gasteiger partial charge in [-0.25, -0.2) is 47.4 Å². The molecule has 0 amide bonds. The SMILES string of the molecule is CC(C)c1noc(N2CCC(C(C)Oc3nn4cc(-c5cnc(S(C)(=O)=O)nc5)nc4s3)CC2)n1.CSc1ncc(-c2cn3nc(OC(C)C4CCN(c5nc(C(C)C)no5)CC4)sc3n2)cn1. The lowest BCUT2D eigenvalue weighted by Crippen LogP contribution is -2.38. The lowest BCUT2D eigenvalue weighted by atomic mass is 9.92. The molecule has 0 aromatic carbocycles. The van der Waals surface area contributed by atoms with Gasteiger partial charge in [-0.15, -0.1) is 10.2 Å². The van der Waals surface area contributed by atoms with Crippen LogP contribution < -0.4 is 19.3 Å². The molecule has 2 aliphatic heterocycles. The van der Waals surface area contributed by atoms with Gasteiger partial charge in [-0.2, -0.15) is 9.97 Å². The van der Waals surface area contributed by atoms with Gasteiger partial charge in [-0.3, -0.25) is 0 Å². The van der Waals surface area contributed by atoms with Crippen molar-refractivity contribution >= 4 is 66.2 Å². The fourth-order valence-corrected chi connectivity index (χ4v) is 10.2.